The van der Waals surface area contributed by atoms with E-state index in [4.69, 9.17) is 5.41 Å². The lowest BCUT2D eigenvalue weighted by Crippen LogP contribution is -2.38. The lowest BCUT2D eigenvalue weighted by Gasteiger charge is -2.26. The van der Waals surface area contributed by atoms with Gasteiger partial charge in [0.2, 0.25) is 0 Å². The van der Waals surface area contributed by atoms with Crippen LogP contribution in [0.2, 0.25) is 0 Å². The third kappa shape index (κ3) is 4.08. The molecule has 0 aliphatic carbocycles. The minimum absolute atomic E-state index is 0.155. The average Bonchev–Trinajstić information content (AvgIpc) is 3.42. The van der Waals surface area contributed by atoms with E-state index in [0.29, 0.717) is 16.7 Å². The minimum Gasteiger partial charge on any atom is -0.318 e. The van der Waals surface area contributed by atoms with E-state index in [1.165, 1.54) is 17.3 Å². The molecule has 0 saturated heterocycles. The highest BCUT2D eigenvalue weighted by Crippen LogP contribution is 2.37. The van der Waals surface area contributed by atoms with Crippen LogP contribution < -0.4 is 0 Å². The molecule has 1 N–H and O–H groups in total. The third-order valence-corrected chi connectivity index (χ3v) is 7.61. The van der Waals surface area contributed by atoms with Crippen molar-refractivity contribution in [2.45, 2.75) is 40.0 Å². The van der Waals surface area contributed by atoms with Gasteiger partial charge in [0.05, 0.1) is 11.3 Å². The van der Waals surface area contributed by atoms with E-state index in [1.807, 2.05) is 41.8 Å². The predicted octanol–water partition coefficient (Wildman–Crippen LogP) is 6.91. The molecule has 2 aliphatic heterocycles. The summed E-state index contributed by atoms with van der Waals surface area (Å²) in [5, 5.41) is 11.4. The molecule has 2 aromatic carbocycles. The van der Waals surface area contributed by atoms with Crippen molar-refractivity contribution in [3.8, 4) is 5.69 Å². The lowest BCUT2D eigenvalue weighted by atomic mass is 9.98. The zero-order valence-electron chi connectivity index (χ0n) is 20.4. The number of amides is 1. The Balaban J connectivity index is 1.50. The average molecular weight is 481 g/mol. The summed E-state index contributed by atoms with van der Waals surface area (Å²) in [6.07, 6.45) is 2.92. The van der Waals surface area contributed by atoms with E-state index in [0.717, 1.165) is 40.3 Å². The number of carbonyl (C=O) groups is 1. The Morgan fingerprint density at radius 1 is 1.09 bits per heavy atom. The van der Waals surface area contributed by atoms with Crippen molar-refractivity contribution in [1.29, 1.82) is 5.41 Å². The summed E-state index contributed by atoms with van der Waals surface area (Å²) in [4.78, 5) is 19.0. The number of aryl methyl sites for hydroxylation is 1. The number of benzene rings is 2. The second-order valence-corrected chi connectivity index (χ2v) is 9.83. The fraction of sp³-hybridized carbons (Fsp3) is 0.207. The monoisotopic (exact) mass is 480 g/mol. The SMILES string of the molecule is CCC(C)c1ccc(-n2c(C)cc(C=C3C(=N)N4C(c5ccccc5)=CSC4=NC3=O)c2C)cc1. The molecule has 0 fully saturated rings. The van der Waals surface area contributed by atoms with Gasteiger partial charge in [0.15, 0.2) is 5.17 Å². The van der Waals surface area contributed by atoms with Crippen molar-refractivity contribution < 1.29 is 4.79 Å². The summed E-state index contributed by atoms with van der Waals surface area (Å²) < 4.78 is 2.19. The van der Waals surface area contributed by atoms with Gasteiger partial charge in [0, 0.05) is 22.5 Å². The molecule has 1 aromatic heterocycles. The van der Waals surface area contributed by atoms with Crippen LogP contribution in [-0.2, 0) is 4.79 Å². The van der Waals surface area contributed by atoms with E-state index >= 15 is 0 Å². The predicted molar refractivity (Wildman–Crippen MR) is 146 cm³/mol. The zero-order valence-corrected chi connectivity index (χ0v) is 21.2. The van der Waals surface area contributed by atoms with Gasteiger partial charge in [0.1, 0.15) is 5.84 Å². The Morgan fingerprint density at radius 2 is 1.80 bits per heavy atom. The molecule has 0 saturated carbocycles. The molecule has 1 amide bonds. The molecule has 5 nitrogen and oxygen atoms in total. The molecular weight excluding hydrogens is 452 g/mol. The molecule has 6 heteroatoms. The van der Waals surface area contributed by atoms with Gasteiger partial charge in [-0.3, -0.25) is 15.1 Å². The first-order valence-electron chi connectivity index (χ1n) is 11.8. The number of hydrogen-bond acceptors (Lipinski definition) is 3. The van der Waals surface area contributed by atoms with Crippen LogP contribution in [0.1, 0.15) is 54.3 Å². The number of amidine groups is 2. The van der Waals surface area contributed by atoms with Crippen LogP contribution in [0.25, 0.3) is 17.5 Å². The highest BCUT2D eigenvalue weighted by Gasteiger charge is 2.36. The number of nitrogens with one attached hydrogen (secondary N) is 1. The summed E-state index contributed by atoms with van der Waals surface area (Å²) >= 11 is 1.38. The van der Waals surface area contributed by atoms with E-state index in [1.54, 1.807) is 4.90 Å². The lowest BCUT2D eigenvalue weighted by molar-refractivity contribution is -0.114. The Labute approximate surface area is 210 Å². The minimum atomic E-state index is -0.376. The fourth-order valence-electron chi connectivity index (χ4n) is 4.59. The highest BCUT2D eigenvalue weighted by atomic mass is 32.2. The molecule has 176 valence electrons. The first-order valence-corrected chi connectivity index (χ1v) is 12.7. The number of hydrogen-bond donors (Lipinski definition) is 1. The molecule has 3 aromatic rings. The second kappa shape index (κ2) is 9.19. The molecule has 1 atom stereocenters. The van der Waals surface area contributed by atoms with E-state index < -0.39 is 0 Å². The van der Waals surface area contributed by atoms with Crippen LogP contribution in [0.15, 0.2) is 76.6 Å². The molecule has 2 aliphatic rings. The Kier molecular flexibility index (Phi) is 6.07. The van der Waals surface area contributed by atoms with Gasteiger partial charge in [-0.15, -0.1) is 0 Å². The van der Waals surface area contributed by atoms with Gasteiger partial charge >= 0.3 is 0 Å². The number of carbonyl (C=O) groups excluding carboxylic acids is 1. The number of thioether (sulfide) groups is 1. The first-order chi connectivity index (χ1) is 16.9. The normalized spacial score (nSPS) is 17.5. The van der Waals surface area contributed by atoms with Gasteiger partial charge < -0.3 is 4.57 Å². The Morgan fingerprint density at radius 3 is 2.49 bits per heavy atom. The van der Waals surface area contributed by atoms with Crippen molar-refractivity contribution >= 4 is 40.4 Å². The smallest absolute Gasteiger partial charge is 0.283 e. The Hall–Kier alpha value is -3.64. The van der Waals surface area contributed by atoms with Gasteiger partial charge in [0.25, 0.3) is 5.91 Å². The van der Waals surface area contributed by atoms with Crippen molar-refractivity contribution in [3.63, 3.8) is 0 Å². The first kappa shape index (κ1) is 23.1. The van der Waals surface area contributed by atoms with Crippen molar-refractivity contribution in [2.24, 2.45) is 4.99 Å². The van der Waals surface area contributed by atoms with Crippen LogP contribution in [0.4, 0.5) is 0 Å². The highest BCUT2D eigenvalue weighted by molar-refractivity contribution is 8.17. The maximum absolute atomic E-state index is 12.9. The number of fused-ring (bicyclic) bond motifs is 1. The quantitative estimate of drug-likeness (QED) is 0.404. The van der Waals surface area contributed by atoms with Crippen molar-refractivity contribution in [3.05, 3.63) is 99.7 Å². The van der Waals surface area contributed by atoms with Gasteiger partial charge in [-0.05, 0) is 67.2 Å². The van der Waals surface area contributed by atoms with E-state index in [9.17, 15) is 4.79 Å². The molecule has 5 rings (SSSR count). The largest absolute Gasteiger partial charge is 0.318 e. The number of aliphatic imine (C=N–C) groups is 1. The van der Waals surface area contributed by atoms with Gasteiger partial charge in [-0.25, -0.2) is 0 Å². The molecule has 3 heterocycles. The maximum atomic E-state index is 12.9. The molecule has 0 spiro atoms. The zero-order chi connectivity index (χ0) is 24.7. The second-order valence-electron chi connectivity index (χ2n) is 8.99. The standard InChI is InChI=1S/C29H28N4OS/c1-5-18(2)21-11-13-24(14-12-21)32-19(3)15-23(20(32)4)16-25-27(30)33-26(22-9-7-6-8-10-22)17-35-29(33)31-28(25)34/h6-18,30H,5H2,1-4H3. The summed E-state index contributed by atoms with van der Waals surface area (Å²) in [5.74, 6) is 0.311. The third-order valence-electron chi connectivity index (χ3n) is 6.79. The summed E-state index contributed by atoms with van der Waals surface area (Å²) in [7, 11) is 0. The van der Waals surface area contributed by atoms with E-state index in [2.05, 4.69) is 67.6 Å². The van der Waals surface area contributed by atoms with Crippen LogP contribution in [0, 0.1) is 19.3 Å². The van der Waals surface area contributed by atoms with Crippen LogP contribution in [0.5, 0.6) is 0 Å². The summed E-state index contributed by atoms with van der Waals surface area (Å²) in [5.41, 5.74) is 7.59. The van der Waals surface area contributed by atoms with E-state index in [-0.39, 0.29) is 11.7 Å². The molecule has 1 unspecified atom stereocenters. The topological polar surface area (TPSA) is 61.5 Å². The number of rotatable bonds is 5. The van der Waals surface area contributed by atoms with Gasteiger partial charge in [-0.1, -0.05) is 68.1 Å². The summed E-state index contributed by atoms with van der Waals surface area (Å²) in [6.45, 7) is 8.56. The molecule has 0 bridgehead atoms. The van der Waals surface area contributed by atoms with Crippen molar-refractivity contribution in [1.82, 2.24) is 9.47 Å². The molecular formula is C29H28N4OS. The maximum Gasteiger partial charge on any atom is 0.283 e. The molecule has 35 heavy (non-hydrogen) atoms. The molecule has 0 radical (unpaired) electrons. The van der Waals surface area contributed by atoms with Crippen LogP contribution >= 0.6 is 11.8 Å². The van der Waals surface area contributed by atoms with Crippen LogP contribution in [-0.4, -0.2) is 26.4 Å². The Bertz CT molecular complexity index is 1410. The number of nitrogens with zero attached hydrogens (tertiary/aromatic N) is 3. The summed E-state index contributed by atoms with van der Waals surface area (Å²) in [6, 6.07) is 20.7. The van der Waals surface area contributed by atoms with Gasteiger partial charge in [-0.2, -0.15) is 4.99 Å². The van der Waals surface area contributed by atoms with Crippen LogP contribution in [0.3, 0.4) is 0 Å². The number of aromatic nitrogens is 1. The van der Waals surface area contributed by atoms with Crippen molar-refractivity contribution in [2.75, 3.05) is 0 Å². The fourth-order valence-corrected chi connectivity index (χ4v) is 5.48.